The van der Waals surface area contributed by atoms with Crippen molar-refractivity contribution in [2.45, 2.75) is 0 Å². The Labute approximate surface area is 159 Å². The van der Waals surface area contributed by atoms with Crippen molar-refractivity contribution < 1.29 is 4.79 Å². The molecule has 1 N–H and O–H groups in total. The molecule has 5 rings (SSSR count). The lowest BCUT2D eigenvalue weighted by molar-refractivity contribution is 0.102. The smallest absolute Gasteiger partial charge is 0.256 e. The lowest BCUT2D eigenvalue weighted by Crippen LogP contribution is -2.12. The molecule has 5 aromatic rings. The molecule has 130 valence electrons. The number of benzene rings is 2. The quantitative estimate of drug-likeness (QED) is 0.493. The molecule has 0 spiro atoms. The summed E-state index contributed by atoms with van der Waals surface area (Å²) in [6.45, 7) is 0. The van der Waals surface area contributed by atoms with Crippen LogP contribution in [0.3, 0.4) is 0 Å². The first-order valence-corrected chi connectivity index (χ1v) is 9.34. The molecule has 3 heterocycles. The SMILES string of the molecule is O=C(Nc1ccc(-c2cn3ccsc3n2)cc1)c1cccc2ncccc12. The Kier molecular flexibility index (Phi) is 3.69. The largest absolute Gasteiger partial charge is 0.322 e. The standard InChI is InChI=1S/C21H14N4OS/c26-20(17-3-1-5-18-16(17)4-2-10-22-18)23-15-8-6-14(7-9-15)19-13-25-11-12-27-21(25)24-19/h1-13H,(H,23,26). The van der Waals surface area contributed by atoms with Gasteiger partial charge in [-0.1, -0.05) is 24.3 Å². The van der Waals surface area contributed by atoms with Crippen LogP contribution in [0.2, 0.25) is 0 Å². The highest BCUT2D eigenvalue weighted by molar-refractivity contribution is 7.15. The number of pyridine rings is 1. The van der Waals surface area contributed by atoms with Crippen LogP contribution in [-0.4, -0.2) is 20.3 Å². The normalized spacial score (nSPS) is 11.1. The molecule has 1 amide bonds. The third-order valence-corrected chi connectivity index (χ3v) is 5.19. The van der Waals surface area contributed by atoms with E-state index in [0.717, 1.165) is 32.8 Å². The molecule has 5 nitrogen and oxygen atoms in total. The van der Waals surface area contributed by atoms with Gasteiger partial charge in [-0.05, 0) is 30.3 Å². The molecule has 0 aliphatic rings. The van der Waals surface area contributed by atoms with Gasteiger partial charge in [-0.15, -0.1) is 11.3 Å². The third kappa shape index (κ3) is 2.86. The van der Waals surface area contributed by atoms with Gasteiger partial charge in [-0.2, -0.15) is 0 Å². The molecule has 0 saturated heterocycles. The van der Waals surface area contributed by atoms with E-state index in [-0.39, 0.29) is 5.91 Å². The average Bonchev–Trinajstić information content (AvgIpc) is 3.30. The van der Waals surface area contributed by atoms with Crippen LogP contribution in [-0.2, 0) is 0 Å². The predicted octanol–water partition coefficient (Wildman–Crippen LogP) is 4.86. The monoisotopic (exact) mass is 370 g/mol. The van der Waals surface area contributed by atoms with Gasteiger partial charge in [-0.25, -0.2) is 4.98 Å². The summed E-state index contributed by atoms with van der Waals surface area (Å²) in [5.74, 6) is -0.149. The van der Waals surface area contributed by atoms with E-state index in [9.17, 15) is 4.79 Å². The summed E-state index contributed by atoms with van der Waals surface area (Å²) < 4.78 is 2.00. The fourth-order valence-electron chi connectivity index (χ4n) is 3.09. The molecule has 0 atom stereocenters. The van der Waals surface area contributed by atoms with Crippen LogP contribution in [0.15, 0.2) is 78.6 Å². The van der Waals surface area contributed by atoms with Gasteiger partial charge in [-0.3, -0.25) is 14.2 Å². The van der Waals surface area contributed by atoms with E-state index < -0.39 is 0 Å². The van der Waals surface area contributed by atoms with Crippen molar-refractivity contribution in [1.82, 2.24) is 14.4 Å². The Morgan fingerprint density at radius 1 is 1.04 bits per heavy atom. The van der Waals surface area contributed by atoms with E-state index >= 15 is 0 Å². The maximum absolute atomic E-state index is 12.7. The van der Waals surface area contributed by atoms with Crippen LogP contribution in [0.5, 0.6) is 0 Å². The molecule has 3 aromatic heterocycles. The van der Waals surface area contributed by atoms with Crippen molar-refractivity contribution in [3.05, 3.63) is 84.1 Å². The van der Waals surface area contributed by atoms with Crippen molar-refractivity contribution in [3.63, 3.8) is 0 Å². The zero-order valence-electron chi connectivity index (χ0n) is 14.2. The van der Waals surface area contributed by atoms with E-state index in [1.807, 2.05) is 76.8 Å². The molecular weight excluding hydrogens is 356 g/mol. The number of fused-ring (bicyclic) bond motifs is 2. The van der Waals surface area contributed by atoms with Crippen LogP contribution in [0.4, 0.5) is 5.69 Å². The number of carbonyl (C=O) groups excluding carboxylic acids is 1. The number of anilines is 1. The van der Waals surface area contributed by atoms with Gasteiger partial charge in [0.2, 0.25) is 0 Å². The maximum atomic E-state index is 12.7. The van der Waals surface area contributed by atoms with Gasteiger partial charge in [0.15, 0.2) is 4.96 Å². The first-order valence-electron chi connectivity index (χ1n) is 8.46. The first-order chi connectivity index (χ1) is 13.3. The van der Waals surface area contributed by atoms with Crippen molar-refractivity contribution >= 4 is 38.8 Å². The molecule has 27 heavy (non-hydrogen) atoms. The fraction of sp³-hybridized carbons (Fsp3) is 0. The number of thiazole rings is 1. The molecule has 6 heteroatoms. The Balaban J connectivity index is 1.40. The number of imidazole rings is 1. The van der Waals surface area contributed by atoms with Crippen LogP contribution in [0.25, 0.3) is 27.1 Å². The number of aromatic nitrogens is 3. The van der Waals surface area contributed by atoms with Gasteiger partial charge >= 0.3 is 0 Å². The zero-order chi connectivity index (χ0) is 18.2. The zero-order valence-corrected chi connectivity index (χ0v) is 15.0. The fourth-order valence-corrected chi connectivity index (χ4v) is 3.79. The van der Waals surface area contributed by atoms with Crippen molar-refractivity contribution in [2.75, 3.05) is 5.32 Å². The second kappa shape index (κ2) is 6.34. The number of hydrogen-bond donors (Lipinski definition) is 1. The lowest BCUT2D eigenvalue weighted by atomic mass is 10.1. The third-order valence-electron chi connectivity index (χ3n) is 4.42. The van der Waals surface area contributed by atoms with E-state index in [1.165, 1.54) is 0 Å². The topological polar surface area (TPSA) is 59.3 Å². The summed E-state index contributed by atoms with van der Waals surface area (Å²) >= 11 is 1.60. The van der Waals surface area contributed by atoms with Gasteiger partial charge in [0.05, 0.1) is 11.2 Å². The van der Waals surface area contributed by atoms with Crippen LogP contribution in [0.1, 0.15) is 10.4 Å². The number of carbonyl (C=O) groups is 1. The van der Waals surface area contributed by atoms with Crippen molar-refractivity contribution in [1.29, 1.82) is 0 Å². The Hall–Kier alpha value is -3.51. The van der Waals surface area contributed by atoms with Gasteiger partial charge in [0, 0.05) is 46.2 Å². The number of nitrogens with one attached hydrogen (secondary N) is 1. The van der Waals surface area contributed by atoms with E-state index in [2.05, 4.69) is 15.3 Å². The second-order valence-corrected chi connectivity index (χ2v) is 7.00. The highest BCUT2D eigenvalue weighted by Crippen LogP contribution is 2.24. The van der Waals surface area contributed by atoms with Gasteiger partial charge in [0.1, 0.15) is 0 Å². The Morgan fingerprint density at radius 3 is 2.78 bits per heavy atom. The van der Waals surface area contributed by atoms with Crippen LogP contribution in [0, 0.1) is 0 Å². The Morgan fingerprint density at radius 2 is 1.93 bits per heavy atom. The molecule has 0 aliphatic carbocycles. The molecule has 0 unspecified atom stereocenters. The maximum Gasteiger partial charge on any atom is 0.256 e. The van der Waals surface area contributed by atoms with E-state index in [1.54, 1.807) is 17.5 Å². The summed E-state index contributed by atoms with van der Waals surface area (Å²) in [6, 6.07) is 17.0. The van der Waals surface area contributed by atoms with Crippen molar-refractivity contribution in [2.24, 2.45) is 0 Å². The molecule has 0 radical (unpaired) electrons. The number of rotatable bonds is 3. The van der Waals surface area contributed by atoms with E-state index in [4.69, 9.17) is 0 Å². The summed E-state index contributed by atoms with van der Waals surface area (Å²) in [4.78, 5) is 22.6. The number of amides is 1. The number of nitrogens with zero attached hydrogens (tertiary/aromatic N) is 3. The average molecular weight is 370 g/mol. The first kappa shape index (κ1) is 15.7. The molecular formula is C21H14N4OS. The Bertz CT molecular complexity index is 1240. The summed E-state index contributed by atoms with van der Waals surface area (Å²) in [5.41, 5.74) is 4.09. The molecule has 0 bridgehead atoms. The molecule has 0 aliphatic heterocycles. The molecule has 0 saturated carbocycles. The van der Waals surface area contributed by atoms with Gasteiger partial charge in [0.25, 0.3) is 5.91 Å². The number of hydrogen-bond acceptors (Lipinski definition) is 4. The van der Waals surface area contributed by atoms with Crippen molar-refractivity contribution in [3.8, 4) is 11.3 Å². The highest BCUT2D eigenvalue weighted by Gasteiger charge is 2.11. The molecule has 2 aromatic carbocycles. The second-order valence-electron chi connectivity index (χ2n) is 6.13. The highest BCUT2D eigenvalue weighted by atomic mass is 32.1. The minimum atomic E-state index is -0.149. The summed E-state index contributed by atoms with van der Waals surface area (Å²) in [7, 11) is 0. The van der Waals surface area contributed by atoms with Crippen LogP contribution >= 0.6 is 11.3 Å². The van der Waals surface area contributed by atoms with Gasteiger partial charge < -0.3 is 5.32 Å². The predicted molar refractivity (Wildman–Crippen MR) is 108 cm³/mol. The summed E-state index contributed by atoms with van der Waals surface area (Å²) in [6.07, 6.45) is 5.72. The van der Waals surface area contributed by atoms with E-state index in [0.29, 0.717) is 5.56 Å². The molecule has 0 fully saturated rings. The lowest BCUT2D eigenvalue weighted by Gasteiger charge is -2.08. The summed E-state index contributed by atoms with van der Waals surface area (Å²) in [5, 5.41) is 5.81. The minimum Gasteiger partial charge on any atom is -0.322 e. The van der Waals surface area contributed by atoms with Crippen LogP contribution < -0.4 is 5.32 Å². The minimum absolute atomic E-state index is 0.149.